The molecule has 0 fully saturated rings. The molecule has 0 spiro atoms. The predicted octanol–water partition coefficient (Wildman–Crippen LogP) is 3.63. The number of amides is 1. The van der Waals surface area contributed by atoms with E-state index < -0.39 is 0 Å². The summed E-state index contributed by atoms with van der Waals surface area (Å²) in [6.45, 7) is 2.54. The van der Waals surface area contributed by atoms with Gasteiger partial charge in [-0.15, -0.1) is 0 Å². The topological polar surface area (TPSA) is 70.7 Å². The van der Waals surface area contributed by atoms with Crippen molar-refractivity contribution in [2.75, 3.05) is 0 Å². The zero-order chi connectivity index (χ0) is 18.4. The van der Waals surface area contributed by atoms with Gasteiger partial charge < -0.3 is 5.32 Å². The number of rotatable bonds is 6. The van der Waals surface area contributed by atoms with Gasteiger partial charge >= 0.3 is 0 Å². The lowest BCUT2D eigenvalue weighted by Gasteiger charge is -2.14. The van der Waals surface area contributed by atoms with Gasteiger partial charge in [0.2, 0.25) is 0 Å². The van der Waals surface area contributed by atoms with Crippen molar-refractivity contribution in [3.05, 3.63) is 78.1 Å². The van der Waals surface area contributed by atoms with Gasteiger partial charge in [-0.05, 0) is 35.7 Å². The molecule has 0 aliphatic carbocycles. The summed E-state index contributed by atoms with van der Waals surface area (Å²) in [5.74, 6) is -0.163. The van der Waals surface area contributed by atoms with E-state index >= 15 is 0 Å². The monoisotopic (exact) mass is 344 g/mol. The van der Waals surface area contributed by atoms with Crippen LogP contribution in [0.3, 0.4) is 0 Å². The highest BCUT2D eigenvalue weighted by molar-refractivity contribution is 6.01. The number of hydrogen-bond donors (Lipinski definition) is 1. The summed E-state index contributed by atoms with van der Waals surface area (Å²) in [5, 5.41) is 15.9. The molecule has 1 aromatic heterocycles. The summed E-state index contributed by atoms with van der Waals surface area (Å²) in [7, 11) is 0. The molecule has 2 aromatic carbocycles. The minimum atomic E-state index is -0.183. The van der Waals surface area contributed by atoms with E-state index in [9.17, 15) is 4.79 Å². The molecule has 5 nitrogen and oxygen atoms in total. The van der Waals surface area contributed by atoms with Gasteiger partial charge in [-0.25, -0.2) is 0 Å². The molecule has 1 N–H and O–H groups in total. The minimum absolute atomic E-state index is 0.163. The highest BCUT2D eigenvalue weighted by atomic mass is 16.1. The quantitative estimate of drug-likeness (QED) is 0.742. The molecule has 0 aliphatic heterocycles. The van der Waals surface area contributed by atoms with Crippen LogP contribution in [0.15, 0.2) is 67.0 Å². The van der Waals surface area contributed by atoms with Gasteiger partial charge in [0, 0.05) is 24.0 Å². The van der Waals surface area contributed by atoms with E-state index in [0.717, 1.165) is 16.7 Å². The van der Waals surface area contributed by atoms with Crippen molar-refractivity contribution in [1.82, 2.24) is 15.1 Å². The normalized spacial score (nSPS) is 11.5. The van der Waals surface area contributed by atoms with E-state index in [1.54, 1.807) is 12.3 Å². The maximum absolute atomic E-state index is 12.6. The lowest BCUT2D eigenvalue weighted by atomic mass is 9.98. The summed E-state index contributed by atoms with van der Waals surface area (Å²) >= 11 is 0. The maximum Gasteiger partial charge on any atom is 0.252 e. The molecular weight excluding hydrogens is 324 g/mol. The number of nitrogens with one attached hydrogen (secondary N) is 1. The lowest BCUT2D eigenvalue weighted by Crippen LogP contribution is -2.32. The second-order valence-corrected chi connectivity index (χ2v) is 6.18. The first-order chi connectivity index (χ1) is 12.7. The third-order valence-electron chi connectivity index (χ3n) is 4.12. The largest absolute Gasteiger partial charge is 0.349 e. The Morgan fingerprint density at radius 3 is 2.65 bits per heavy atom. The van der Waals surface area contributed by atoms with Gasteiger partial charge in [-0.1, -0.05) is 42.5 Å². The molecule has 0 bridgehead atoms. The SMILES string of the molecule is C[C@H](CC#N)NC(=O)c1ccccc1-c1ccc(Cn2cccn2)cc1. The molecule has 0 unspecified atom stereocenters. The van der Waals surface area contributed by atoms with Crippen LogP contribution in [-0.2, 0) is 6.54 Å². The first-order valence-electron chi connectivity index (χ1n) is 8.51. The smallest absolute Gasteiger partial charge is 0.252 e. The van der Waals surface area contributed by atoms with Crippen LogP contribution in [0.4, 0.5) is 0 Å². The molecule has 5 heteroatoms. The number of carbonyl (C=O) groups is 1. The Balaban J connectivity index is 1.81. The third-order valence-corrected chi connectivity index (χ3v) is 4.12. The Kier molecular flexibility index (Phi) is 5.45. The zero-order valence-electron chi connectivity index (χ0n) is 14.6. The van der Waals surface area contributed by atoms with E-state index in [1.165, 1.54) is 0 Å². The van der Waals surface area contributed by atoms with Crippen LogP contribution in [-0.4, -0.2) is 21.7 Å². The van der Waals surface area contributed by atoms with Crippen molar-refractivity contribution >= 4 is 5.91 Å². The lowest BCUT2D eigenvalue weighted by molar-refractivity contribution is 0.0941. The van der Waals surface area contributed by atoms with E-state index in [1.807, 2.05) is 66.3 Å². The number of aromatic nitrogens is 2. The predicted molar refractivity (Wildman–Crippen MR) is 100 cm³/mol. The second-order valence-electron chi connectivity index (χ2n) is 6.18. The molecule has 1 atom stereocenters. The Hall–Kier alpha value is -3.39. The summed E-state index contributed by atoms with van der Waals surface area (Å²) in [6.07, 6.45) is 3.97. The number of benzene rings is 2. The number of nitriles is 1. The number of nitrogens with zero attached hydrogens (tertiary/aromatic N) is 3. The molecule has 3 aromatic rings. The molecule has 26 heavy (non-hydrogen) atoms. The van der Waals surface area contributed by atoms with E-state index in [2.05, 4.69) is 16.5 Å². The Labute approximate surface area is 152 Å². The van der Waals surface area contributed by atoms with Crippen LogP contribution in [0.25, 0.3) is 11.1 Å². The highest BCUT2D eigenvalue weighted by Crippen LogP contribution is 2.24. The molecule has 0 aliphatic rings. The van der Waals surface area contributed by atoms with Crippen molar-refractivity contribution in [2.45, 2.75) is 25.9 Å². The van der Waals surface area contributed by atoms with E-state index in [4.69, 9.17) is 5.26 Å². The van der Waals surface area contributed by atoms with Crippen molar-refractivity contribution in [3.8, 4) is 17.2 Å². The molecule has 1 amide bonds. The molecule has 3 rings (SSSR count). The van der Waals surface area contributed by atoms with Crippen LogP contribution in [0, 0.1) is 11.3 Å². The van der Waals surface area contributed by atoms with Crippen LogP contribution in [0.5, 0.6) is 0 Å². The summed E-state index contributed by atoms with van der Waals surface area (Å²) in [5.41, 5.74) is 3.60. The van der Waals surface area contributed by atoms with Gasteiger partial charge in [0.1, 0.15) is 0 Å². The van der Waals surface area contributed by atoms with Crippen LogP contribution in [0.1, 0.15) is 29.3 Å². The fourth-order valence-electron chi connectivity index (χ4n) is 2.79. The average Bonchev–Trinajstić information content (AvgIpc) is 3.15. The van der Waals surface area contributed by atoms with Gasteiger partial charge in [-0.3, -0.25) is 9.48 Å². The average molecular weight is 344 g/mol. The second kappa shape index (κ2) is 8.13. The van der Waals surface area contributed by atoms with Crippen LogP contribution < -0.4 is 5.32 Å². The van der Waals surface area contributed by atoms with Gasteiger partial charge in [-0.2, -0.15) is 10.4 Å². The maximum atomic E-state index is 12.6. The van der Waals surface area contributed by atoms with Crippen molar-refractivity contribution < 1.29 is 4.79 Å². The van der Waals surface area contributed by atoms with Crippen LogP contribution >= 0.6 is 0 Å². The van der Waals surface area contributed by atoms with Gasteiger partial charge in [0.25, 0.3) is 5.91 Å². The van der Waals surface area contributed by atoms with Crippen molar-refractivity contribution in [3.63, 3.8) is 0 Å². The molecular formula is C21H20N4O. The van der Waals surface area contributed by atoms with Gasteiger partial charge in [0.05, 0.1) is 19.0 Å². The fraction of sp³-hybridized carbons (Fsp3) is 0.190. The summed E-state index contributed by atoms with van der Waals surface area (Å²) in [4.78, 5) is 12.6. The Morgan fingerprint density at radius 2 is 1.96 bits per heavy atom. The first-order valence-corrected chi connectivity index (χ1v) is 8.51. The van der Waals surface area contributed by atoms with Crippen molar-refractivity contribution in [1.29, 1.82) is 5.26 Å². The summed E-state index contributed by atoms with van der Waals surface area (Å²) < 4.78 is 1.87. The number of carbonyl (C=O) groups excluding carboxylic acids is 1. The highest BCUT2D eigenvalue weighted by Gasteiger charge is 2.14. The van der Waals surface area contributed by atoms with Crippen molar-refractivity contribution in [2.24, 2.45) is 0 Å². The Morgan fingerprint density at radius 1 is 1.19 bits per heavy atom. The van der Waals surface area contributed by atoms with E-state index in [0.29, 0.717) is 12.1 Å². The molecule has 1 heterocycles. The van der Waals surface area contributed by atoms with Crippen LogP contribution in [0.2, 0.25) is 0 Å². The standard InChI is InChI=1S/C21H20N4O/c1-16(11-12-22)24-21(26)20-6-3-2-5-19(20)18-9-7-17(8-10-18)15-25-14-4-13-23-25/h2-10,13-14,16H,11,15H2,1H3,(H,24,26)/t16-/m1/s1. The molecule has 0 saturated carbocycles. The Bertz CT molecular complexity index is 908. The first kappa shape index (κ1) is 17.4. The van der Waals surface area contributed by atoms with Gasteiger partial charge in [0.15, 0.2) is 0 Å². The molecule has 0 radical (unpaired) electrons. The fourth-order valence-corrected chi connectivity index (χ4v) is 2.79. The molecule has 130 valence electrons. The third kappa shape index (κ3) is 4.17. The van der Waals surface area contributed by atoms with E-state index in [-0.39, 0.29) is 18.4 Å². The summed E-state index contributed by atoms with van der Waals surface area (Å²) in [6, 6.07) is 19.4. The molecule has 0 saturated heterocycles. The minimum Gasteiger partial charge on any atom is -0.349 e. The number of hydrogen-bond acceptors (Lipinski definition) is 3. The zero-order valence-corrected chi connectivity index (χ0v) is 14.6.